The van der Waals surface area contributed by atoms with Crippen LogP contribution < -0.4 is 9.92 Å². The number of esters is 2. The third-order valence-corrected chi connectivity index (χ3v) is 6.51. The number of nitrogens with two attached hydrogens (primary N) is 1. The molecule has 8 nitrogen and oxygen atoms in total. The molecule has 0 bridgehead atoms. The van der Waals surface area contributed by atoms with Crippen molar-refractivity contribution >= 4 is 22.1 Å². The van der Waals surface area contributed by atoms with Crippen molar-refractivity contribution in [2.45, 2.75) is 24.8 Å². The molecule has 3 aromatic carbocycles. The van der Waals surface area contributed by atoms with Crippen LogP contribution in [-0.4, -0.2) is 45.9 Å². The fourth-order valence-electron chi connectivity index (χ4n) is 4.46. The summed E-state index contributed by atoms with van der Waals surface area (Å²) in [6.07, 6.45) is 0.926. The lowest BCUT2D eigenvalue weighted by Crippen LogP contribution is -2.42. The Hall–Kier alpha value is -3.69. The smallest absolute Gasteiger partial charge is 0.324 e. The van der Waals surface area contributed by atoms with Crippen molar-refractivity contribution in [3.05, 3.63) is 89.5 Å². The molecule has 0 fully saturated rings. The molecule has 0 saturated heterocycles. The van der Waals surface area contributed by atoms with Gasteiger partial charge in [0.1, 0.15) is 24.3 Å². The van der Waals surface area contributed by atoms with Gasteiger partial charge in [-0.1, -0.05) is 60.7 Å². The molecule has 9 heteroatoms. The molecule has 0 spiro atoms. The van der Waals surface area contributed by atoms with Crippen molar-refractivity contribution in [3.63, 3.8) is 0 Å². The summed E-state index contributed by atoms with van der Waals surface area (Å²) < 4.78 is 38.4. The van der Waals surface area contributed by atoms with E-state index in [4.69, 9.17) is 19.4 Å². The van der Waals surface area contributed by atoms with Gasteiger partial charge < -0.3 is 19.4 Å². The van der Waals surface area contributed by atoms with Crippen LogP contribution in [0.3, 0.4) is 0 Å². The van der Waals surface area contributed by atoms with Gasteiger partial charge in [0.05, 0.1) is 12.9 Å². The van der Waals surface area contributed by atoms with Gasteiger partial charge in [0.15, 0.2) is 0 Å². The Morgan fingerprint density at radius 1 is 0.861 bits per heavy atom. The van der Waals surface area contributed by atoms with Crippen LogP contribution in [0.5, 0.6) is 5.75 Å². The second kappa shape index (κ2) is 10.5. The summed E-state index contributed by atoms with van der Waals surface area (Å²) in [4.78, 5) is 25.8. The summed E-state index contributed by atoms with van der Waals surface area (Å²) in [6.45, 7) is 1.82. The van der Waals surface area contributed by atoms with E-state index in [0.29, 0.717) is 5.56 Å². The van der Waals surface area contributed by atoms with Crippen molar-refractivity contribution < 1.29 is 31.7 Å². The summed E-state index contributed by atoms with van der Waals surface area (Å²) in [6, 6.07) is 20.3. The van der Waals surface area contributed by atoms with E-state index in [1.54, 1.807) is 6.92 Å². The van der Waals surface area contributed by atoms with Gasteiger partial charge in [-0.2, -0.15) is 8.42 Å². The van der Waals surface area contributed by atoms with Crippen LogP contribution in [-0.2, 0) is 29.2 Å². The van der Waals surface area contributed by atoms with Crippen molar-refractivity contribution in [1.29, 1.82) is 0 Å². The van der Waals surface area contributed by atoms with Crippen LogP contribution in [0.1, 0.15) is 35.4 Å². The number of carbonyl (C=O) groups is 2. The second-order valence-electron chi connectivity index (χ2n) is 8.47. The van der Waals surface area contributed by atoms with Gasteiger partial charge in [0, 0.05) is 5.92 Å². The van der Waals surface area contributed by atoms with Crippen LogP contribution >= 0.6 is 0 Å². The van der Waals surface area contributed by atoms with E-state index in [-0.39, 0.29) is 24.9 Å². The van der Waals surface area contributed by atoms with Gasteiger partial charge in [0.25, 0.3) is 0 Å². The lowest BCUT2D eigenvalue weighted by atomic mass is 9.91. The zero-order valence-electron chi connectivity index (χ0n) is 19.9. The summed E-state index contributed by atoms with van der Waals surface area (Å²) in [5.74, 6) is -2.66. The first-order valence-electron chi connectivity index (χ1n) is 11.5. The number of benzene rings is 3. The monoisotopic (exact) mass is 509 g/mol. The van der Waals surface area contributed by atoms with Crippen LogP contribution in [0, 0.1) is 0 Å². The number of fused-ring (bicyclic) bond motifs is 3. The Kier molecular flexibility index (Phi) is 7.42. The molecule has 36 heavy (non-hydrogen) atoms. The van der Waals surface area contributed by atoms with E-state index in [9.17, 15) is 18.0 Å². The quantitative estimate of drug-likeness (QED) is 0.344. The minimum absolute atomic E-state index is 0.0667. The largest absolute Gasteiger partial charge is 0.465 e. The maximum atomic E-state index is 13.0. The Morgan fingerprint density at radius 3 is 1.94 bits per heavy atom. The first-order chi connectivity index (χ1) is 17.2. The lowest BCUT2D eigenvalue weighted by molar-refractivity contribution is -0.153. The molecular weight excluding hydrogens is 482 g/mol. The third kappa shape index (κ3) is 5.42. The number of ether oxygens (including phenoxy) is 2. The lowest BCUT2D eigenvalue weighted by Gasteiger charge is -2.23. The molecule has 0 heterocycles. The molecule has 0 radical (unpaired) electrons. The third-order valence-electron chi connectivity index (χ3n) is 6.01. The SMILES string of the molecule is CCOC(=O)C(c1ccc(OS(C)(=O)=O)cc1)C(N)C(=O)OCC1c2ccccc2-c2ccccc21. The number of hydrogen-bond acceptors (Lipinski definition) is 8. The van der Waals surface area contributed by atoms with E-state index >= 15 is 0 Å². The average Bonchev–Trinajstić information content (AvgIpc) is 3.16. The van der Waals surface area contributed by atoms with E-state index in [1.165, 1.54) is 24.3 Å². The molecule has 3 aromatic rings. The number of carbonyl (C=O) groups excluding carboxylic acids is 2. The first-order valence-corrected chi connectivity index (χ1v) is 13.3. The highest BCUT2D eigenvalue weighted by molar-refractivity contribution is 7.86. The molecule has 0 amide bonds. The second-order valence-corrected chi connectivity index (χ2v) is 10.0. The van der Waals surface area contributed by atoms with Crippen LogP contribution in [0.15, 0.2) is 72.8 Å². The highest BCUT2D eigenvalue weighted by atomic mass is 32.2. The van der Waals surface area contributed by atoms with Crippen LogP contribution in [0.2, 0.25) is 0 Å². The number of rotatable bonds is 9. The van der Waals surface area contributed by atoms with Gasteiger partial charge in [-0.15, -0.1) is 0 Å². The minimum atomic E-state index is -3.71. The molecule has 1 aliphatic carbocycles. The summed E-state index contributed by atoms with van der Waals surface area (Å²) >= 11 is 0. The van der Waals surface area contributed by atoms with Crippen molar-refractivity contribution in [2.75, 3.05) is 19.5 Å². The zero-order valence-corrected chi connectivity index (χ0v) is 20.7. The van der Waals surface area contributed by atoms with Crippen molar-refractivity contribution in [3.8, 4) is 16.9 Å². The molecule has 4 rings (SSSR count). The molecule has 2 N–H and O–H groups in total. The topological polar surface area (TPSA) is 122 Å². The molecule has 1 aliphatic rings. The highest BCUT2D eigenvalue weighted by Crippen LogP contribution is 2.44. The summed E-state index contributed by atoms with van der Waals surface area (Å²) in [5, 5.41) is 0. The molecule has 2 atom stereocenters. The molecule has 0 saturated carbocycles. The maximum absolute atomic E-state index is 13.0. The zero-order chi connectivity index (χ0) is 25.9. The van der Waals surface area contributed by atoms with Gasteiger partial charge in [-0.3, -0.25) is 9.59 Å². The molecular formula is C27H27NO7S. The van der Waals surface area contributed by atoms with E-state index < -0.39 is 34.0 Å². The van der Waals surface area contributed by atoms with E-state index in [2.05, 4.69) is 0 Å². The predicted octanol–water partition coefficient (Wildman–Crippen LogP) is 3.35. The molecule has 0 aliphatic heterocycles. The summed E-state index contributed by atoms with van der Waals surface area (Å²) in [5.41, 5.74) is 10.9. The molecule has 188 valence electrons. The summed E-state index contributed by atoms with van der Waals surface area (Å²) in [7, 11) is -3.71. The Balaban J connectivity index is 1.53. The van der Waals surface area contributed by atoms with Gasteiger partial charge >= 0.3 is 22.1 Å². The fraction of sp³-hybridized carbons (Fsp3) is 0.259. The van der Waals surface area contributed by atoms with Crippen LogP contribution in [0.4, 0.5) is 0 Å². The van der Waals surface area contributed by atoms with Gasteiger partial charge in [-0.25, -0.2) is 0 Å². The van der Waals surface area contributed by atoms with Crippen molar-refractivity contribution in [1.82, 2.24) is 0 Å². The first kappa shape index (κ1) is 25.4. The Labute approximate surface area is 210 Å². The predicted molar refractivity (Wildman–Crippen MR) is 134 cm³/mol. The number of hydrogen-bond donors (Lipinski definition) is 1. The fourth-order valence-corrected chi connectivity index (χ4v) is 4.93. The standard InChI is InChI=1S/C27H27NO7S/c1-3-33-26(29)24(17-12-14-18(15-13-17)35-36(2,31)32)25(28)27(30)34-16-23-21-10-6-4-8-19(21)20-9-5-7-11-22(20)23/h4-15,23-25H,3,16,28H2,1-2H3. The van der Waals surface area contributed by atoms with E-state index in [1.807, 2.05) is 48.5 Å². The Morgan fingerprint density at radius 2 is 1.42 bits per heavy atom. The van der Waals surface area contributed by atoms with Crippen molar-refractivity contribution in [2.24, 2.45) is 5.73 Å². The normalized spacial score (nSPS) is 14.3. The van der Waals surface area contributed by atoms with Gasteiger partial charge in [0.2, 0.25) is 0 Å². The maximum Gasteiger partial charge on any atom is 0.324 e. The molecule has 0 aromatic heterocycles. The minimum Gasteiger partial charge on any atom is -0.465 e. The van der Waals surface area contributed by atoms with Gasteiger partial charge in [-0.05, 0) is 46.9 Å². The Bertz CT molecular complexity index is 1320. The highest BCUT2D eigenvalue weighted by Gasteiger charge is 2.36. The van der Waals surface area contributed by atoms with E-state index in [0.717, 1.165) is 28.5 Å². The average molecular weight is 510 g/mol. The van der Waals surface area contributed by atoms with Crippen LogP contribution in [0.25, 0.3) is 11.1 Å². The molecule has 2 unspecified atom stereocenters.